The van der Waals surface area contributed by atoms with E-state index in [1.54, 1.807) is 6.92 Å². The summed E-state index contributed by atoms with van der Waals surface area (Å²) in [5, 5.41) is 30.0. The largest absolute Gasteiger partial charge is 0.478 e. The highest BCUT2D eigenvalue weighted by molar-refractivity contribution is 7.89. The van der Waals surface area contributed by atoms with Gasteiger partial charge in [0.1, 0.15) is 5.69 Å². The van der Waals surface area contributed by atoms with Crippen molar-refractivity contribution >= 4 is 34.2 Å². The standard InChI is InChI=1S/C25H33N5O8S/c1-3-5-6-8-19(22(4-2)30(36)15-31)23(32)27-14-28-24(33)21-10-7-9-20(29-21)16-11-17(25(34)35)13-18(12-16)39(26,37)38/h7,9-13,15,19,22,36H,3-6,8,14H2,1-2H3,(H,27,32)(H,28,33)(H,34,35)(H2,26,37,38)/t19-,22-/m1/s1. The molecular formula is C25H33N5O8S. The fraction of sp³-hybridized carbons (Fsp3) is 0.400. The lowest BCUT2D eigenvalue weighted by atomic mass is 9.90. The fourth-order valence-electron chi connectivity index (χ4n) is 4.04. The predicted molar refractivity (Wildman–Crippen MR) is 140 cm³/mol. The zero-order chi connectivity index (χ0) is 29.2. The molecule has 13 nitrogen and oxygen atoms in total. The van der Waals surface area contributed by atoms with Crippen molar-refractivity contribution in [3.05, 3.63) is 47.7 Å². The Morgan fingerprint density at radius 2 is 1.85 bits per heavy atom. The van der Waals surface area contributed by atoms with Crippen molar-refractivity contribution in [1.29, 1.82) is 0 Å². The van der Waals surface area contributed by atoms with Crippen LogP contribution in [0.2, 0.25) is 0 Å². The number of nitrogens with zero attached hydrogens (tertiary/aromatic N) is 2. The van der Waals surface area contributed by atoms with Crippen LogP contribution in [0, 0.1) is 5.92 Å². The van der Waals surface area contributed by atoms with E-state index in [4.69, 9.17) is 5.14 Å². The number of rotatable bonds is 15. The van der Waals surface area contributed by atoms with E-state index in [2.05, 4.69) is 15.6 Å². The van der Waals surface area contributed by atoms with Gasteiger partial charge in [0, 0.05) is 5.56 Å². The number of carbonyl (C=O) groups is 4. The SMILES string of the molecule is CCCCC[C@@H](C(=O)NCNC(=O)c1cccc(-c2cc(C(=O)O)cc(S(N)(=O)=O)c2)n1)[C@@H](CC)N(O)C=O. The van der Waals surface area contributed by atoms with Crippen LogP contribution >= 0.6 is 0 Å². The maximum Gasteiger partial charge on any atom is 0.335 e. The van der Waals surface area contributed by atoms with Crippen molar-refractivity contribution in [2.24, 2.45) is 11.1 Å². The first-order valence-corrected chi connectivity index (χ1v) is 13.8. The minimum absolute atomic E-state index is 0.0759. The number of sulfonamides is 1. The Bertz CT molecular complexity index is 1300. The van der Waals surface area contributed by atoms with Crippen molar-refractivity contribution in [2.75, 3.05) is 6.67 Å². The molecule has 0 radical (unpaired) electrons. The van der Waals surface area contributed by atoms with E-state index >= 15 is 0 Å². The second-order valence-corrected chi connectivity index (χ2v) is 10.4. The van der Waals surface area contributed by atoms with Gasteiger partial charge >= 0.3 is 5.97 Å². The second-order valence-electron chi connectivity index (χ2n) is 8.79. The monoisotopic (exact) mass is 563 g/mol. The number of amides is 3. The van der Waals surface area contributed by atoms with Crippen LogP contribution in [0.5, 0.6) is 0 Å². The molecule has 0 fully saturated rings. The number of hydrogen-bond donors (Lipinski definition) is 5. The van der Waals surface area contributed by atoms with Crippen LogP contribution in [0.3, 0.4) is 0 Å². The van der Waals surface area contributed by atoms with Crippen molar-refractivity contribution in [2.45, 2.75) is 56.9 Å². The van der Waals surface area contributed by atoms with Gasteiger partial charge in [0.15, 0.2) is 0 Å². The lowest BCUT2D eigenvalue weighted by Crippen LogP contribution is -2.47. The highest BCUT2D eigenvalue weighted by Gasteiger charge is 2.30. The van der Waals surface area contributed by atoms with E-state index in [0.29, 0.717) is 17.9 Å². The molecule has 2 rings (SSSR count). The van der Waals surface area contributed by atoms with Gasteiger partial charge in [-0.2, -0.15) is 0 Å². The van der Waals surface area contributed by atoms with E-state index in [0.717, 1.165) is 31.4 Å². The summed E-state index contributed by atoms with van der Waals surface area (Å²) in [6.45, 7) is 3.49. The van der Waals surface area contributed by atoms with Crippen LogP contribution in [-0.2, 0) is 19.6 Å². The van der Waals surface area contributed by atoms with Crippen LogP contribution in [-0.4, -0.2) is 65.7 Å². The third kappa shape index (κ3) is 8.84. The van der Waals surface area contributed by atoms with Gasteiger partial charge in [-0.1, -0.05) is 39.2 Å². The number of benzene rings is 1. The molecule has 212 valence electrons. The summed E-state index contributed by atoms with van der Waals surface area (Å²) in [4.78, 5) is 51.9. The Morgan fingerprint density at radius 3 is 2.44 bits per heavy atom. The molecule has 0 saturated heterocycles. The molecule has 0 bridgehead atoms. The molecule has 1 heterocycles. The molecule has 6 N–H and O–H groups in total. The van der Waals surface area contributed by atoms with Crippen molar-refractivity contribution in [3.8, 4) is 11.3 Å². The van der Waals surface area contributed by atoms with E-state index in [1.807, 2.05) is 6.92 Å². The normalized spacial score (nSPS) is 12.7. The molecule has 3 amide bonds. The number of primary sulfonamides is 1. The Kier molecular flexibility index (Phi) is 11.5. The molecule has 0 unspecified atom stereocenters. The third-order valence-corrected chi connectivity index (χ3v) is 6.95. The Balaban J connectivity index is 2.17. The highest BCUT2D eigenvalue weighted by Crippen LogP contribution is 2.24. The van der Waals surface area contributed by atoms with Gasteiger partial charge in [-0.3, -0.25) is 19.6 Å². The van der Waals surface area contributed by atoms with Gasteiger partial charge in [0.2, 0.25) is 22.3 Å². The highest BCUT2D eigenvalue weighted by atomic mass is 32.2. The summed E-state index contributed by atoms with van der Waals surface area (Å²) in [5.41, 5.74) is -0.164. The number of hydroxylamine groups is 2. The number of nitrogens with one attached hydrogen (secondary N) is 2. The third-order valence-electron chi connectivity index (χ3n) is 6.06. The van der Waals surface area contributed by atoms with Crippen molar-refractivity contribution in [1.82, 2.24) is 20.7 Å². The molecule has 1 aromatic heterocycles. The molecule has 2 atom stereocenters. The Hall–Kier alpha value is -3.88. The van der Waals surface area contributed by atoms with Gasteiger partial charge in [-0.05, 0) is 43.2 Å². The quantitative estimate of drug-likeness (QED) is 0.0701. The number of carboxylic acid groups (broad SMARTS) is 1. The van der Waals surface area contributed by atoms with E-state index in [-0.39, 0.29) is 35.6 Å². The zero-order valence-corrected chi connectivity index (χ0v) is 22.5. The lowest BCUT2D eigenvalue weighted by molar-refractivity contribution is -0.168. The molecule has 1 aromatic carbocycles. The summed E-state index contributed by atoms with van der Waals surface area (Å²) in [6.07, 6.45) is 3.56. The van der Waals surface area contributed by atoms with Crippen LogP contribution in [0.1, 0.15) is 66.8 Å². The van der Waals surface area contributed by atoms with Crippen LogP contribution in [0.25, 0.3) is 11.3 Å². The molecule has 39 heavy (non-hydrogen) atoms. The minimum atomic E-state index is -4.21. The van der Waals surface area contributed by atoms with Crippen molar-refractivity contribution < 1.29 is 37.9 Å². The predicted octanol–water partition coefficient (Wildman–Crippen LogP) is 1.72. The smallest absolute Gasteiger partial charge is 0.335 e. The van der Waals surface area contributed by atoms with Gasteiger partial charge in [-0.25, -0.2) is 28.4 Å². The number of unbranched alkanes of at least 4 members (excludes halogenated alkanes) is 2. The molecule has 0 aliphatic carbocycles. The average Bonchev–Trinajstić information content (AvgIpc) is 2.91. The van der Waals surface area contributed by atoms with Crippen molar-refractivity contribution in [3.63, 3.8) is 0 Å². The lowest BCUT2D eigenvalue weighted by Gasteiger charge is -2.29. The fourth-order valence-corrected chi connectivity index (χ4v) is 4.62. The zero-order valence-electron chi connectivity index (χ0n) is 21.7. The number of aromatic nitrogens is 1. The van der Waals surface area contributed by atoms with E-state index < -0.39 is 44.7 Å². The summed E-state index contributed by atoms with van der Waals surface area (Å²) in [7, 11) is -4.21. The second kappa shape index (κ2) is 14.3. The summed E-state index contributed by atoms with van der Waals surface area (Å²) in [6, 6.07) is 6.88. The molecule has 0 spiro atoms. The van der Waals surface area contributed by atoms with Crippen LogP contribution in [0.4, 0.5) is 0 Å². The molecular weight excluding hydrogens is 530 g/mol. The van der Waals surface area contributed by atoms with Gasteiger partial charge < -0.3 is 15.7 Å². The van der Waals surface area contributed by atoms with Gasteiger partial charge in [0.25, 0.3) is 5.91 Å². The summed E-state index contributed by atoms with van der Waals surface area (Å²) < 4.78 is 23.6. The molecule has 2 aromatic rings. The maximum absolute atomic E-state index is 12.9. The Labute approximate surface area is 226 Å². The van der Waals surface area contributed by atoms with E-state index in [9.17, 15) is 37.9 Å². The first-order chi connectivity index (χ1) is 18.4. The molecule has 14 heteroatoms. The minimum Gasteiger partial charge on any atom is -0.478 e. The Morgan fingerprint density at radius 1 is 1.13 bits per heavy atom. The first kappa shape index (κ1) is 31.3. The number of carbonyl (C=O) groups excluding carboxylic acids is 3. The van der Waals surface area contributed by atoms with E-state index in [1.165, 1.54) is 24.3 Å². The van der Waals surface area contributed by atoms with Crippen LogP contribution in [0.15, 0.2) is 41.3 Å². The van der Waals surface area contributed by atoms with Gasteiger partial charge in [-0.15, -0.1) is 0 Å². The number of carboxylic acids is 1. The molecule has 0 aliphatic heterocycles. The summed E-state index contributed by atoms with van der Waals surface area (Å²) >= 11 is 0. The number of hydrogen-bond acceptors (Lipinski definition) is 8. The topological polar surface area (TPSA) is 209 Å². The molecule has 0 aliphatic rings. The number of aromatic carboxylic acids is 1. The number of pyridine rings is 1. The van der Waals surface area contributed by atoms with Gasteiger partial charge in [0.05, 0.1) is 34.8 Å². The summed E-state index contributed by atoms with van der Waals surface area (Å²) in [5.74, 6) is -3.17. The molecule has 0 saturated carbocycles. The maximum atomic E-state index is 12.9. The van der Waals surface area contributed by atoms with Crippen LogP contribution < -0.4 is 15.8 Å². The number of nitrogens with two attached hydrogens (primary N) is 1. The average molecular weight is 564 g/mol. The first-order valence-electron chi connectivity index (χ1n) is 12.3.